The summed E-state index contributed by atoms with van der Waals surface area (Å²) in [6, 6.07) is 2.22. The summed E-state index contributed by atoms with van der Waals surface area (Å²) in [5, 5.41) is 1.13. The number of aryl methyl sites for hydroxylation is 1. The Morgan fingerprint density at radius 1 is 0.935 bits per heavy atom. The van der Waals surface area contributed by atoms with E-state index in [0.29, 0.717) is 23.7 Å². The number of thiophene rings is 1. The van der Waals surface area contributed by atoms with Gasteiger partial charge in [0.2, 0.25) is 0 Å². The number of hydrogen-bond donors (Lipinski definition) is 0. The van der Waals surface area contributed by atoms with Crippen LogP contribution >= 0.6 is 11.3 Å². The largest absolute Gasteiger partial charge is 0.208 e. The van der Waals surface area contributed by atoms with Crippen LogP contribution in [0.15, 0.2) is 54.9 Å². The lowest BCUT2D eigenvalue weighted by atomic mass is 9.82. The minimum absolute atomic E-state index is 0.360. The molecule has 172 valence electrons. The van der Waals surface area contributed by atoms with Crippen LogP contribution in [0.4, 0.5) is 4.39 Å². The number of allylic oxidation sites excluding steroid dienone is 5. The lowest BCUT2D eigenvalue weighted by Crippen LogP contribution is -2.16. The van der Waals surface area contributed by atoms with Crippen molar-refractivity contribution in [2.45, 2.75) is 73.1 Å². The third-order valence-electron chi connectivity index (χ3n) is 6.53. The molecule has 0 saturated carbocycles. The van der Waals surface area contributed by atoms with Gasteiger partial charge >= 0.3 is 0 Å². The van der Waals surface area contributed by atoms with E-state index >= 15 is 0 Å². The maximum Gasteiger partial charge on any atom is 0.116 e. The molecule has 0 N–H and O–H groups in total. The molecule has 0 spiro atoms. The van der Waals surface area contributed by atoms with E-state index in [9.17, 15) is 4.39 Å². The van der Waals surface area contributed by atoms with E-state index in [-0.39, 0.29) is 0 Å². The molecule has 0 nitrogen and oxygen atoms in total. The van der Waals surface area contributed by atoms with Crippen molar-refractivity contribution in [1.29, 1.82) is 0 Å². The molecular formula is C29H43FS. The standard InChI is InChI=1S/C29H43FS/c1-10-11-28-18-26(8)29(31-28)19-25(7)24(6)15-14-21(3)20(2)12-13-22(4)23(5)16-17-27(9)30/h16-22,24H,5,7-15H2,1-4,6H3/b17-16-,29-19+. The average Bonchev–Trinajstić information content (AvgIpc) is 3.06. The Morgan fingerprint density at radius 3 is 2.00 bits per heavy atom. The summed E-state index contributed by atoms with van der Waals surface area (Å²) in [6.45, 7) is 27.3. The van der Waals surface area contributed by atoms with Gasteiger partial charge in [0.15, 0.2) is 0 Å². The van der Waals surface area contributed by atoms with Gasteiger partial charge in [-0.1, -0.05) is 84.6 Å². The SMILES string of the molecule is C=C(F)/C=C\C(=C)C(C)CCC(C)C(C)CCC(C)C(=C)/C=c1/sc(CCC)cc1=C. The second-order valence-electron chi connectivity index (χ2n) is 9.34. The Bertz CT molecular complexity index is 869. The quantitative estimate of drug-likeness (QED) is 0.255. The summed E-state index contributed by atoms with van der Waals surface area (Å²) < 4.78 is 14.1. The third-order valence-corrected chi connectivity index (χ3v) is 7.72. The molecule has 0 radical (unpaired) electrons. The first kappa shape index (κ1) is 27.4. The van der Waals surface area contributed by atoms with Crippen LogP contribution in [0.5, 0.6) is 0 Å². The van der Waals surface area contributed by atoms with Crippen LogP contribution in [0.25, 0.3) is 12.7 Å². The maximum atomic E-state index is 12.8. The smallest absolute Gasteiger partial charge is 0.116 e. The van der Waals surface area contributed by atoms with Crippen LogP contribution in [0.2, 0.25) is 0 Å². The Kier molecular flexibility index (Phi) is 12.1. The molecule has 0 amide bonds. The lowest BCUT2D eigenvalue weighted by Gasteiger charge is -2.23. The van der Waals surface area contributed by atoms with E-state index in [1.807, 2.05) is 11.3 Å². The van der Waals surface area contributed by atoms with Gasteiger partial charge in [0.1, 0.15) is 5.83 Å². The minimum atomic E-state index is -0.421. The van der Waals surface area contributed by atoms with Crippen LogP contribution in [0.1, 0.15) is 71.6 Å². The third kappa shape index (κ3) is 9.99. The van der Waals surface area contributed by atoms with Gasteiger partial charge in [-0.25, -0.2) is 4.39 Å². The highest BCUT2D eigenvalue weighted by molar-refractivity contribution is 7.09. The molecule has 0 aliphatic rings. The monoisotopic (exact) mass is 442 g/mol. The molecule has 0 aromatic carbocycles. The second kappa shape index (κ2) is 13.7. The number of hydrogen-bond acceptors (Lipinski definition) is 1. The van der Waals surface area contributed by atoms with E-state index in [1.165, 1.54) is 33.9 Å². The van der Waals surface area contributed by atoms with Gasteiger partial charge in [0.05, 0.1) is 0 Å². The lowest BCUT2D eigenvalue weighted by molar-refractivity contribution is 0.309. The van der Waals surface area contributed by atoms with Gasteiger partial charge in [-0.05, 0) is 79.2 Å². The van der Waals surface area contributed by atoms with Crippen molar-refractivity contribution in [2.24, 2.45) is 23.7 Å². The molecule has 1 aromatic heterocycles. The summed E-state index contributed by atoms with van der Waals surface area (Å²) in [6.07, 6.45) is 12.3. The zero-order valence-electron chi connectivity index (χ0n) is 20.5. The van der Waals surface area contributed by atoms with E-state index < -0.39 is 5.83 Å². The van der Waals surface area contributed by atoms with Crippen molar-refractivity contribution in [1.82, 2.24) is 0 Å². The van der Waals surface area contributed by atoms with Gasteiger partial charge in [0.25, 0.3) is 0 Å². The Morgan fingerprint density at radius 2 is 1.48 bits per heavy atom. The molecule has 1 rings (SSSR count). The van der Waals surface area contributed by atoms with Crippen LogP contribution < -0.4 is 9.75 Å². The van der Waals surface area contributed by atoms with Crippen molar-refractivity contribution in [2.75, 3.05) is 0 Å². The van der Waals surface area contributed by atoms with Gasteiger partial charge in [-0.15, -0.1) is 11.3 Å². The first-order valence-electron chi connectivity index (χ1n) is 11.7. The molecule has 0 aliphatic heterocycles. The van der Waals surface area contributed by atoms with Crippen molar-refractivity contribution >= 4 is 24.0 Å². The van der Waals surface area contributed by atoms with Crippen molar-refractivity contribution in [3.63, 3.8) is 0 Å². The van der Waals surface area contributed by atoms with E-state index in [1.54, 1.807) is 6.08 Å². The molecule has 0 saturated heterocycles. The number of halogens is 1. The fourth-order valence-corrected chi connectivity index (χ4v) is 4.82. The predicted molar refractivity (Wildman–Crippen MR) is 140 cm³/mol. The van der Waals surface area contributed by atoms with E-state index in [4.69, 9.17) is 0 Å². The normalized spacial score (nSPS) is 16.3. The van der Waals surface area contributed by atoms with Crippen LogP contribution in [-0.2, 0) is 6.42 Å². The minimum Gasteiger partial charge on any atom is -0.208 e. The highest BCUT2D eigenvalue weighted by atomic mass is 32.1. The highest BCUT2D eigenvalue weighted by Gasteiger charge is 2.16. The molecular weight excluding hydrogens is 399 g/mol. The highest BCUT2D eigenvalue weighted by Crippen LogP contribution is 2.28. The summed E-state index contributed by atoms with van der Waals surface area (Å²) in [5.41, 5.74) is 2.18. The zero-order chi connectivity index (χ0) is 23.6. The fourth-order valence-electron chi connectivity index (χ4n) is 3.63. The zero-order valence-corrected chi connectivity index (χ0v) is 21.3. The van der Waals surface area contributed by atoms with Crippen molar-refractivity contribution in [3.8, 4) is 0 Å². The van der Waals surface area contributed by atoms with Crippen molar-refractivity contribution in [3.05, 3.63) is 69.6 Å². The number of rotatable bonds is 14. The molecule has 1 aromatic rings. The Hall–Kier alpha value is -1.67. The molecule has 4 unspecified atom stereocenters. The molecule has 1 heterocycles. The average molecular weight is 443 g/mol. The van der Waals surface area contributed by atoms with Crippen LogP contribution in [0, 0.1) is 23.7 Å². The summed E-state index contributed by atoms with van der Waals surface area (Å²) >= 11 is 1.86. The maximum absolute atomic E-state index is 12.8. The van der Waals surface area contributed by atoms with Gasteiger partial charge in [0, 0.05) is 9.41 Å². The van der Waals surface area contributed by atoms with Gasteiger partial charge in [-0.2, -0.15) is 0 Å². The summed E-state index contributed by atoms with van der Waals surface area (Å²) in [7, 11) is 0. The second-order valence-corrected chi connectivity index (χ2v) is 10.5. The van der Waals surface area contributed by atoms with Crippen molar-refractivity contribution < 1.29 is 4.39 Å². The fraction of sp³-hybridized carbons (Fsp3) is 0.517. The summed E-state index contributed by atoms with van der Waals surface area (Å²) in [5.74, 6) is 1.73. The summed E-state index contributed by atoms with van der Waals surface area (Å²) in [4.78, 5) is 1.42. The Labute approximate surface area is 194 Å². The van der Waals surface area contributed by atoms with Crippen LogP contribution in [-0.4, -0.2) is 0 Å². The van der Waals surface area contributed by atoms with Crippen LogP contribution in [0.3, 0.4) is 0 Å². The topological polar surface area (TPSA) is 0 Å². The molecule has 4 atom stereocenters. The van der Waals surface area contributed by atoms with Gasteiger partial charge in [-0.3, -0.25) is 0 Å². The molecule has 0 aliphatic carbocycles. The van der Waals surface area contributed by atoms with Gasteiger partial charge < -0.3 is 0 Å². The molecule has 2 heteroatoms. The molecule has 0 fully saturated rings. The first-order chi connectivity index (χ1) is 14.5. The van der Waals surface area contributed by atoms with E-state index in [0.717, 1.165) is 36.5 Å². The van der Waals surface area contributed by atoms with E-state index in [2.05, 4.69) is 73.1 Å². The first-order valence-corrected chi connectivity index (χ1v) is 12.6. The molecule has 0 bridgehead atoms. The predicted octanol–water partition coefficient (Wildman–Crippen LogP) is 8.15. The molecule has 31 heavy (non-hydrogen) atoms. The Balaban J connectivity index is 2.51.